The van der Waals surface area contributed by atoms with E-state index in [1.54, 1.807) is 0 Å². The first kappa shape index (κ1) is 9.92. The van der Waals surface area contributed by atoms with Crippen molar-refractivity contribution in [3.8, 4) is 0 Å². The van der Waals surface area contributed by atoms with E-state index < -0.39 is 5.24 Å². The van der Waals surface area contributed by atoms with Gasteiger partial charge < -0.3 is 4.74 Å². The first-order valence-corrected chi connectivity index (χ1v) is 3.76. The van der Waals surface area contributed by atoms with Crippen LogP contribution in [0.5, 0.6) is 0 Å². The zero-order valence-corrected chi connectivity index (χ0v) is 7.15. The molecule has 0 unspecified atom stereocenters. The van der Waals surface area contributed by atoms with Gasteiger partial charge in [-0.2, -0.15) is 0 Å². The van der Waals surface area contributed by atoms with E-state index in [-0.39, 0.29) is 6.61 Å². The topological polar surface area (TPSA) is 26.3 Å². The molecule has 3 heteroatoms. The Morgan fingerprint density at radius 1 is 1.60 bits per heavy atom. The second-order valence-electron chi connectivity index (χ2n) is 2.59. The van der Waals surface area contributed by atoms with Gasteiger partial charge in [0, 0.05) is 6.61 Å². The van der Waals surface area contributed by atoms with Crippen molar-refractivity contribution in [2.24, 2.45) is 5.92 Å². The van der Waals surface area contributed by atoms with Crippen LogP contribution in [-0.2, 0) is 9.53 Å². The molecule has 0 saturated heterocycles. The van der Waals surface area contributed by atoms with Crippen LogP contribution in [-0.4, -0.2) is 18.5 Å². The minimum Gasteiger partial charge on any atom is -0.372 e. The molecule has 0 N–H and O–H groups in total. The van der Waals surface area contributed by atoms with Gasteiger partial charge >= 0.3 is 0 Å². The zero-order chi connectivity index (χ0) is 7.98. The average Bonchev–Trinajstić information content (AvgIpc) is 1.79. The molecule has 0 aliphatic heterocycles. The summed E-state index contributed by atoms with van der Waals surface area (Å²) >= 11 is 5.03. The third-order valence-corrected chi connectivity index (χ3v) is 1.16. The molecule has 0 aliphatic carbocycles. The molecular weight excluding hydrogens is 152 g/mol. The number of carbonyl (C=O) groups is 1. The molecule has 0 aromatic rings. The second-order valence-corrected chi connectivity index (χ2v) is 3.01. The van der Waals surface area contributed by atoms with Crippen LogP contribution in [0.25, 0.3) is 0 Å². The summed E-state index contributed by atoms with van der Waals surface area (Å²) in [6, 6.07) is 0. The normalized spacial score (nSPS) is 10.4. The smallest absolute Gasteiger partial charge is 0.247 e. The highest BCUT2D eigenvalue weighted by atomic mass is 35.5. The summed E-state index contributed by atoms with van der Waals surface area (Å²) in [5.41, 5.74) is 0. The fraction of sp³-hybridized carbons (Fsp3) is 0.857. The Kier molecular flexibility index (Phi) is 5.64. The molecule has 0 bridgehead atoms. The summed E-state index contributed by atoms with van der Waals surface area (Å²) in [5, 5.41) is -0.427. The number of hydrogen-bond acceptors (Lipinski definition) is 2. The van der Waals surface area contributed by atoms with Gasteiger partial charge in [-0.05, 0) is 23.9 Å². The SMILES string of the molecule is CC(C)CCOCC(=O)Cl. The molecule has 2 nitrogen and oxygen atoms in total. The van der Waals surface area contributed by atoms with Crippen LogP contribution in [0.3, 0.4) is 0 Å². The van der Waals surface area contributed by atoms with E-state index in [0.717, 1.165) is 6.42 Å². The molecule has 0 aromatic carbocycles. The maximum Gasteiger partial charge on any atom is 0.247 e. The highest BCUT2D eigenvalue weighted by molar-refractivity contribution is 6.63. The fourth-order valence-electron chi connectivity index (χ4n) is 0.471. The summed E-state index contributed by atoms with van der Waals surface area (Å²) in [5.74, 6) is 0.616. The van der Waals surface area contributed by atoms with E-state index >= 15 is 0 Å². The lowest BCUT2D eigenvalue weighted by molar-refractivity contribution is -0.115. The maximum absolute atomic E-state index is 10.1. The Labute approximate surface area is 66.5 Å². The minimum atomic E-state index is -0.427. The van der Waals surface area contributed by atoms with Crippen LogP contribution < -0.4 is 0 Å². The molecule has 0 saturated carbocycles. The summed E-state index contributed by atoms with van der Waals surface area (Å²) in [6.07, 6.45) is 0.976. The monoisotopic (exact) mass is 164 g/mol. The summed E-state index contributed by atoms with van der Waals surface area (Å²) in [4.78, 5) is 10.1. The Morgan fingerprint density at radius 2 is 2.20 bits per heavy atom. The largest absolute Gasteiger partial charge is 0.372 e. The first-order valence-electron chi connectivity index (χ1n) is 3.39. The molecule has 0 heterocycles. The number of hydrogen-bond donors (Lipinski definition) is 0. The molecule has 0 spiro atoms. The minimum absolute atomic E-state index is 0.0360. The number of halogens is 1. The lowest BCUT2D eigenvalue weighted by atomic mass is 10.1. The highest BCUT2D eigenvalue weighted by Crippen LogP contribution is 1.98. The molecule has 0 rings (SSSR count). The van der Waals surface area contributed by atoms with Crippen molar-refractivity contribution < 1.29 is 9.53 Å². The van der Waals surface area contributed by atoms with Crippen molar-refractivity contribution >= 4 is 16.8 Å². The first-order chi connectivity index (χ1) is 4.63. The molecule has 0 aromatic heterocycles. The quantitative estimate of drug-likeness (QED) is 0.458. The predicted octanol–water partition coefficient (Wildman–Crippen LogP) is 1.81. The van der Waals surface area contributed by atoms with Gasteiger partial charge in [0.2, 0.25) is 5.24 Å². The average molecular weight is 165 g/mol. The van der Waals surface area contributed by atoms with Gasteiger partial charge in [0.1, 0.15) is 6.61 Å². The van der Waals surface area contributed by atoms with Crippen molar-refractivity contribution in [2.45, 2.75) is 20.3 Å². The number of ether oxygens (including phenoxy) is 1. The van der Waals surface area contributed by atoms with E-state index in [4.69, 9.17) is 16.3 Å². The van der Waals surface area contributed by atoms with Gasteiger partial charge in [-0.1, -0.05) is 13.8 Å². The van der Waals surface area contributed by atoms with Crippen molar-refractivity contribution in [2.75, 3.05) is 13.2 Å². The van der Waals surface area contributed by atoms with E-state index in [2.05, 4.69) is 13.8 Å². The molecule has 0 atom stereocenters. The van der Waals surface area contributed by atoms with E-state index in [1.165, 1.54) is 0 Å². The second kappa shape index (κ2) is 5.69. The molecule has 0 aliphatic rings. The Balaban J connectivity index is 2.98. The van der Waals surface area contributed by atoms with E-state index in [1.807, 2.05) is 0 Å². The van der Waals surface area contributed by atoms with Gasteiger partial charge in [-0.15, -0.1) is 0 Å². The van der Waals surface area contributed by atoms with Crippen LogP contribution in [0.4, 0.5) is 0 Å². The molecule has 0 amide bonds. The Hall–Kier alpha value is -0.0800. The van der Waals surface area contributed by atoms with E-state index in [0.29, 0.717) is 12.5 Å². The van der Waals surface area contributed by atoms with Crippen molar-refractivity contribution in [3.05, 3.63) is 0 Å². The summed E-state index contributed by atoms with van der Waals surface area (Å²) < 4.78 is 4.92. The highest BCUT2D eigenvalue weighted by Gasteiger charge is 1.96. The van der Waals surface area contributed by atoms with Crippen LogP contribution in [0, 0.1) is 5.92 Å². The van der Waals surface area contributed by atoms with Crippen molar-refractivity contribution in [1.82, 2.24) is 0 Å². The van der Waals surface area contributed by atoms with Crippen LogP contribution in [0.2, 0.25) is 0 Å². The molecule has 0 radical (unpaired) electrons. The van der Waals surface area contributed by atoms with Gasteiger partial charge in [-0.25, -0.2) is 0 Å². The van der Waals surface area contributed by atoms with Gasteiger partial charge in [0.25, 0.3) is 0 Å². The molecular formula is C7H13ClO2. The van der Waals surface area contributed by atoms with Gasteiger partial charge in [0.05, 0.1) is 0 Å². The lowest BCUT2D eigenvalue weighted by Crippen LogP contribution is -2.04. The maximum atomic E-state index is 10.1. The number of rotatable bonds is 5. The Morgan fingerprint density at radius 3 is 2.60 bits per heavy atom. The molecule has 0 fully saturated rings. The summed E-state index contributed by atoms with van der Waals surface area (Å²) in [7, 11) is 0. The van der Waals surface area contributed by atoms with Crippen molar-refractivity contribution in [3.63, 3.8) is 0 Å². The van der Waals surface area contributed by atoms with Crippen LogP contribution >= 0.6 is 11.6 Å². The standard InChI is InChI=1S/C7H13ClO2/c1-6(2)3-4-10-5-7(8)9/h6H,3-5H2,1-2H3. The molecule has 60 valence electrons. The van der Waals surface area contributed by atoms with Crippen LogP contribution in [0.1, 0.15) is 20.3 Å². The summed E-state index contributed by atoms with van der Waals surface area (Å²) in [6.45, 7) is 4.86. The zero-order valence-electron chi connectivity index (χ0n) is 6.39. The fourth-order valence-corrected chi connectivity index (χ4v) is 0.549. The third-order valence-electron chi connectivity index (χ3n) is 1.06. The number of carbonyl (C=O) groups excluding carboxylic acids is 1. The lowest BCUT2D eigenvalue weighted by Gasteiger charge is -2.02. The van der Waals surface area contributed by atoms with Gasteiger partial charge in [0.15, 0.2) is 0 Å². The van der Waals surface area contributed by atoms with Crippen molar-refractivity contribution in [1.29, 1.82) is 0 Å². The third kappa shape index (κ3) is 7.92. The van der Waals surface area contributed by atoms with Gasteiger partial charge in [-0.3, -0.25) is 4.79 Å². The predicted molar refractivity (Wildman–Crippen MR) is 41.1 cm³/mol. The van der Waals surface area contributed by atoms with Crippen LogP contribution in [0.15, 0.2) is 0 Å². The Bertz CT molecular complexity index is 102. The molecule has 10 heavy (non-hydrogen) atoms. The van der Waals surface area contributed by atoms with E-state index in [9.17, 15) is 4.79 Å².